The van der Waals surface area contributed by atoms with Gasteiger partial charge in [-0.1, -0.05) is 12.2 Å². The highest BCUT2D eigenvalue weighted by Crippen LogP contribution is 2.30. The van der Waals surface area contributed by atoms with Crippen LogP contribution in [0.1, 0.15) is 0 Å². The van der Waals surface area contributed by atoms with E-state index in [9.17, 15) is 26.3 Å². The molecule has 0 radical (unpaired) electrons. The van der Waals surface area contributed by atoms with Crippen LogP contribution in [0.3, 0.4) is 0 Å². The van der Waals surface area contributed by atoms with Crippen LogP contribution in [0.5, 0.6) is 0 Å². The summed E-state index contributed by atoms with van der Waals surface area (Å²) in [7, 11) is 0. The van der Waals surface area contributed by atoms with Gasteiger partial charge in [-0.25, -0.2) is 0 Å². The van der Waals surface area contributed by atoms with Gasteiger partial charge < -0.3 is 5.32 Å². The lowest BCUT2D eigenvalue weighted by molar-refractivity contribution is -0.150. The first-order valence-corrected chi connectivity index (χ1v) is 3.50. The van der Waals surface area contributed by atoms with Gasteiger partial charge in [0.15, 0.2) is 0 Å². The van der Waals surface area contributed by atoms with Gasteiger partial charge in [-0.3, -0.25) is 0 Å². The maximum absolute atomic E-state index is 12.0. The molecule has 1 N–H and O–H groups in total. The van der Waals surface area contributed by atoms with Gasteiger partial charge in [0, 0.05) is 0 Å². The fourth-order valence-electron chi connectivity index (χ4n) is 0.894. The molecule has 0 fully saturated rings. The lowest BCUT2D eigenvalue weighted by Gasteiger charge is -2.24. The number of allylic oxidation sites excluding steroid dienone is 3. The number of nitrogens with one attached hydrogen (secondary N) is 1. The predicted molar refractivity (Wildman–Crippen MR) is 36.3 cm³/mol. The third-order valence-corrected chi connectivity index (χ3v) is 1.54. The molecule has 1 nitrogen and oxygen atoms in total. The Morgan fingerprint density at radius 1 is 1.07 bits per heavy atom. The van der Waals surface area contributed by atoms with E-state index in [1.165, 1.54) is 5.32 Å². The van der Waals surface area contributed by atoms with Crippen molar-refractivity contribution in [1.82, 2.24) is 5.32 Å². The van der Waals surface area contributed by atoms with Crippen LogP contribution in [0.25, 0.3) is 0 Å². The van der Waals surface area contributed by atoms with Crippen molar-refractivity contribution in [2.24, 2.45) is 0 Å². The molecule has 0 aromatic rings. The minimum absolute atomic E-state index is 0.558. The Labute approximate surface area is 75.1 Å². The van der Waals surface area contributed by atoms with Crippen LogP contribution in [0.2, 0.25) is 0 Å². The normalized spacial score (nSPS) is 23.0. The van der Waals surface area contributed by atoms with E-state index in [0.717, 1.165) is 6.08 Å². The lowest BCUT2D eigenvalue weighted by Crippen LogP contribution is -2.44. The Balaban J connectivity index is 2.80. The van der Waals surface area contributed by atoms with E-state index in [4.69, 9.17) is 0 Å². The van der Waals surface area contributed by atoms with Gasteiger partial charge >= 0.3 is 12.4 Å². The van der Waals surface area contributed by atoms with E-state index < -0.39 is 24.1 Å². The van der Waals surface area contributed by atoms with E-state index >= 15 is 0 Å². The molecule has 7 heteroatoms. The highest BCUT2D eigenvalue weighted by molar-refractivity contribution is 5.24. The van der Waals surface area contributed by atoms with Crippen molar-refractivity contribution >= 4 is 0 Å². The third-order valence-electron chi connectivity index (χ3n) is 1.54. The van der Waals surface area contributed by atoms with Gasteiger partial charge in [0.1, 0.15) is 11.7 Å². The summed E-state index contributed by atoms with van der Waals surface area (Å²) in [6, 6.07) is -2.27. The van der Waals surface area contributed by atoms with Crippen molar-refractivity contribution in [2.45, 2.75) is 18.4 Å². The summed E-state index contributed by atoms with van der Waals surface area (Å²) in [6.07, 6.45) is -7.59. The zero-order chi connectivity index (χ0) is 11.0. The summed E-state index contributed by atoms with van der Waals surface area (Å²) >= 11 is 0. The average Bonchev–Trinajstić information content (AvgIpc) is 2.01. The fraction of sp³-hybridized carbons (Fsp3) is 0.429. The number of hydrogen-bond acceptors (Lipinski definition) is 1. The van der Waals surface area contributed by atoms with E-state index in [2.05, 4.69) is 0 Å². The highest BCUT2D eigenvalue weighted by atomic mass is 19.4. The summed E-state index contributed by atoms with van der Waals surface area (Å²) in [5.74, 6) is 0. The molecular formula is C7H5F6N. The Kier molecular flexibility index (Phi) is 2.51. The maximum atomic E-state index is 12.0. The van der Waals surface area contributed by atoms with Crippen LogP contribution in [0.4, 0.5) is 26.3 Å². The fourth-order valence-corrected chi connectivity index (χ4v) is 0.894. The second-order valence-corrected chi connectivity index (χ2v) is 2.63. The Bertz CT molecular complexity index is 271. The number of alkyl halides is 6. The van der Waals surface area contributed by atoms with Crippen LogP contribution < -0.4 is 5.32 Å². The van der Waals surface area contributed by atoms with Crippen LogP contribution in [-0.2, 0) is 0 Å². The zero-order valence-electron chi connectivity index (χ0n) is 6.58. The van der Waals surface area contributed by atoms with Crippen molar-refractivity contribution in [3.05, 3.63) is 23.9 Å². The molecule has 1 rings (SSSR count). The van der Waals surface area contributed by atoms with Gasteiger partial charge in [-0.15, -0.1) is 0 Å². The van der Waals surface area contributed by atoms with Crippen LogP contribution in [0.15, 0.2) is 23.9 Å². The number of halogens is 6. The second kappa shape index (κ2) is 3.21. The summed E-state index contributed by atoms with van der Waals surface area (Å²) < 4.78 is 71.9. The topological polar surface area (TPSA) is 12.0 Å². The van der Waals surface area contributed by atoms with E-state index in [1.807, 2.05) is 0 Å². The Hall–Kier alpha value is -1.14. The molecule has 0 aromatic carbocycles. The monoisotopic (exact) mass is 217 g/mol. The molecule has 0 bridgehead atoms. The smallest absolute Gasteiger partial charge is 0.367 e. The van der Waals surface area contributed by atoms with Gasteiger partial charge in [0.2, 0.25) is 0 Å². The lowest BCUT2D eigenvalue weighted by atomic mass is 10.1. The molecule has 0 saturated heterocycles. The first-order valence-electron chi connectivity index (χ1n) is 3.50. The first kappa shape index (κ1) is 10.9. The van der Waals surface area contributed by atoms with Gasteiger partial charge in [0.25, 0.3) is 0 Å². The zero-order valence-corrected chi connectivity index (χ0v) is 6.58. The number of dihydropyridines is 1. The van der Waals surface area contributed by atoms with Crippen LogP contribution >= 0.6 is 0 Å². The average molecular weight is 217 g/mol. The van der Waals surface area contributed by atoms with E-state index in [0.29, 0.717) is 12.2 Å². The first-order chi connectivity index (χ1) is 6.21. The summed E-state index contributed by atoms with van der Waals surface area (Å²) in [5.41, 5.74) is -1.39. The molecule has 0 spiro atoms. The van der Waals surface area contributed by atoms with Crippen molar-refractivity contribution in [3.63, 3.8) is 0 Å². The van der Waals surface area contributed by atoms with Crippen LogP contribution in [0, 0.1) is 0 Å². The van der Waals surface area contributed by atoms with Crippen molar-refractivity contribution in [2.75, 3.05) is 0 Å². The van der Waals surface area contributed by atoms with Crippen molar-refractivity contribution in [3.8, 4) is 0 Å². The van der Waals surface area contributed by atoms with Crippen molar-refractivity contribution < 1.29 is 26.3 Å². The SMILES string of the molecule is FC(F)(F)C1=CC=CC(C(F)(F)F)N1. The highest BCUT2D eigenvalue weighted by Gasteiger charge is 2.43. The molecule has 0 amide bonds. The van der Waals surface area contributed by atoms with E-state index in [1.54, 1.807) is 0 Å². The number of rotatable bonds is 0. The van der Waals surface area contributed by atoms with E-state index in [-0.39, 0.29) is 0 Å². The standard InChI is InChI=1S/C7H5F6N/c8-6(9,10)4-2-1-3-5(14-4)7(11,12)13/h1-4,14H. The quantitative estimate of drug-likeness (QED) is 0.615. The third kappa shape index (κ3) is 2.43. The molecule has 1 unspecified atom stereocenters. The van der Waals surface area contributed by atoms with Gasteiger partial charge in [0.05, 0.1) is 0 Å². The van der Waals surface area contributed by atoms with Crippen molar-refractivity contribution in [1.29, 1.82) is 0 Å². The minimum Gasteiger partial charge on any atom is -0.367 e. The second-order valence-electron chi connectivity index (χ2n) is 2.63. The molecule has 0 aliphatic carbocycles. The van der Waals surface area contributed by atoms with Crippen LogP contribution in [-0.4, -0.2) is 18.4 Å². The summed E-state index contributed by atoms with van der Waals surface area (Å²) in [5, 5.41) is 1.36. The molecule has 80 valence electrons. The molecule has 0 aromatic heterocycles. The summed E-state index contributed by atoms with van der Waals surface area (Å²) in [6.45, 7) is 0. The minimum atomic E-state index is -4.78. The molecule has 0 saturated carbocycles. The Morgan fingerprint density at radius 3 is 2.07 bits per heavy atom. The molecule has 1 aliphatic rings. The largest absolute Gasteiger partial charge is 0.430 e. The Morgan fingerprint density at radius 2 is 1.64 bits per heavy atom. The van der Waals surface area contributed by atoms with Gasteiger partial charge in [-0.05, 0) is 6.08 Å². The molecular weight excluding hydrogens is 212 g/mol. The predicted octanol–water partition coefficient (Wildman–Crippen LogP) is 2.52. The summed E-state index contributed by atoms with van der Waals surface area (Å²) in [4.78, 5) is 0. The molecule has 14 heavy (non-hydrogen) atoms. The molecule has 1 aliphatic heterocycles. The molecule has 1 atom stereocenters. The maximum Gasteiger partial charge on any atom is 0.430 e. The van der Waals surface area contributed by atoms with Gasteiger partial charge in [-0.2, -0.15) is 26.3 Å². The molecule has 1 heterocycles. The number of hydrogen-bond donors (Lipinski definition) is 1.